The van der Waals surface area contributed by atoms with Crippen LogP contribution in [-0.2, 0) is 4.79 Å². The summed E-state index contributed by atoms with van der Waals surface area (Å²) in [5.74, 6) is 4.61. The second kappa shape index (κ2) is 5.53. The van der Waals surface area contributed by atoms with Gasteiger partial charge in [0.15, 0.2) is 0 Å². The van der Waals surface area contributed by atoms with Crippen molar-refractivity contribution < 1.29 is 9.90 Å². The van der Waals surface area contributed by atoms with Gasteiger partial charge in [0.05, 0.1) is 0 Å². The molecule has 0 aromatic heterocycles. The number of hydrogen-bond donors (Lipinski definition) is 3. The van der Waals surface area contributed by atoms with Gasteiger partial charge in [-0.1, -0.05) is 0 Å². The van der Waals surface area contributed by atoms with Crippen molar-refractivity contribution in [3.05, 3.63) is 0 Å². The van der Waals surface area contributed by atoms with E-state index >= 15 is 0 Å². The van der Waals surface area contributed by atoms with E-state index < -0.39 is 0 Å². The molecule has 0 unspecified atom stereocenters. The lowest BCUT2D eigenvalue weighted by molar-refractivity contribution is -0.121. The number of aliphatic hydroxyl groups excluding tert-OH is 1. The maximum Gasteiger partial charge on any atom is 0.233 e. The number of carbonyl (C=O) groups excluding carboxylic acids is 1. The average Bonchev–Trinajstić information content (AvgIpc) is 1.89. The van der Waals surface area contributed by atoms with Gasteiger partial charge in [0, 0.05) is 13.0 Å². The van der Waals surface area contributed by atoms with Crippen molar-refractivity contribution in [2.45, 2.75) is 19.3 Å². The van der Waals surface area contributed by atoms with E-state index in [1.54, 1.807) is 0 Å². The number of hydrogen-bond acceptors (Lipinski definition) is 3. The van der Waals surface area contributed by atoms with Crippen LogP contribution in [0.4, 0.5) is 0 Å². The van der Waals surface area contributed by atoms with E-state index in [9.17, 15) is 4.79 Å². The predicted molar refractivity (Wildman–Crippen MR) is 33.3 cm³/mol. The zero-order valence-corrected chi connectivity index (χ0v) is 5.26. The van der Waals surface area contributed by atoms with Crippen LogP contribution in [0.25, 0.3) is 0 Å². The van der Waals surface area contributed by atoms with E-state index in [0.29, 0.717) is 19.3 Å². The predicted octanol–water partition coefficient (Wildman–Crippen LogP) is -0.861. The minimum absolute atomic E-state index is 0.137. The summed E-state index contributed by atoms with van der Waals surface area (Å²) >= 11 is 0. The Morgan fingerprint density at radius 2 is 2.22 bits per heavy atom. The molecule has 0 aliphatic rings. The Morgan fingerprint density at radius 1 is 1.56 bits per heavy atom. The van der Waals surface area contributed by atoms with Gasteiger partial charge in [-0.3, -0.25) is 10.2 Å². The highest BCUT2D eigenvalue weighted by Gasteiger charge is 1.95. The maximum absolute atomic E-state index is 10.4. The van der Waals surface area contributed by atoms with Crippen LogP contribution in [0, 0.1) is 0 Å². The summed E-state index contributed by atoms with van der Waals surface area (Å²) in [6.07, 6.45) is 1.75. The number of hydrazine groups is 1. The summed E-state index contributed by atoms with van der Waals surface area (Å²) in [5.41, 5.74) is 2.00. The second-order valence-corrected chi connectivity index (χ2v) is 1.75. The van der Waals surface area contributed by atoms with Crippen molar-refractivity contribution in [1.29, 1.82) is 0 Å². The number of nitrogens with one attached hydrogen (secondary N) is 1. The highest BCUT2D eigenvalue weighted by atomic mass is 16.2. The fourth-order valence-electron chi connectivity index (χ4n) is 0.470. The van der Waals surface area contributed by atoms with Crippen LogP contribution < -0.4 is 11.3 Å². The molecule has 4 heteroatoms. The van der Waals surface area contributed by atoms with Gasteiger partial charge < -0.3 is 5.11 Å². The topological polar surface area (TPSA) is 75.3 Å². The Kier molecular flexibility index (Phi) is 5.15. The third kappa shape index (κ3) is 5.26. The van der Waals surface area contributed by atoms with E-state index in [2.05, 4.69) is 0 Å². The van der Waals surface area contributed by atoms with Gasteiger partial charge >= 0.3 is 0 Å². The number of nitrogens with two attached hydrogens (primary N) is 1. The van der Waals surface area contributed by atoms with Gasteiger partial charge in [0.2, 0.25) is 5.91 Å². The lowest BCUT2D eigenvalue weighted by Crippen LogP contribution is -2.29. The van der Waals surface area contributed by atoms with E-state index in [1.807, 2.05) is 5.43 Å². The molecular formula is C5H12N2O2. The standard InChI is InChI=1S/C5H12N2O2/c6-7-5(9)3-1-2-4-8/h8H,1-4,6H2,(H,7,9). The Balaban J connectivity index is 2.97. The molecule has 54 valence electrons. The van der Waals surface area contributed by atoms with Gasteiger partial charge in [0.25, 0.3) is 0 Å². The molecule has 9 heavy (non-hydrogen) atoms. The number of rotatable bonds is 4. The Morgan fingerprint density at radius 3 is 2.67 bits per heavy atom. The highest BCUT2D eigenvalue weighted by Crippen LogP contribution is 1.91. The van der Waals surface area contributed by atoms with E-state index in [4.69, 9.17) is 10.9 Å². The van der Waals surface area contributed by atoms with E-state index in [1.165, 1.54) is 0 Å². The fraction of sp³-hybridized carbons (Fsp3) is 0.800. The molecular weight excluding hydrogens is 120 g/mol. The average molecular weight is 132 g/mol. The molecule has 0 saturated heterocycles. The van der Waals surface area contributed by atoms with Gasteiger partial charge in [-0.25, -0.2) is 5.84 Å². The Labute approximate surface area is 54.0 Å². The summed E-state index contributed by atoms with van der Waals surface area (Å²) in [5, 5.41) is 8.29. The van der Waals surface area contributed by atoms with Gasteiger partial charge in [0.1, 0.15) is 0 Å². The molecule has 0 aliphatic carbocycles. The van der Waals surface area contributed by atoms with Gasteiger partial charge in [-0.2, -0.15) is 0 Å². The van der Waals surface area contributed by atoms with Crippen LogP contribution >= 0.6 is 0 Å². The minimum atomic E-state index is -0.177. The maximum atomic E-state index is 10.4. The molecule has 0 heterocycles. The summed E-state index contributed by atoms with van der Waals surface area (Å²) in [7, 11) is 0. The van der Waals surface area contributed by atoms with Crippen molar-refractivity contribution in [2.75, 3.05) is 6.61 Å². The van der Waals surface area contributed by atoms with Crippen molar-refractivity contribution in [3.63, 3.8) is 0 Å². The Bertz CT molecular complexity index is 85.0. The highest BCUT2D eigenvalue weighted by molar-refractivity contribution is 5.74. The SMILES string of the molecule is NNC(=O)CCCCO. The minimum Gasteiger partial charge on any atom is -0.396 e. The normalized spacial score (nSPS) is 9.11. The molecule has 0 aromatic carbocycles. The van der Waals surface area contributed by atoms with Crippen molar-refractivity contribution >= 4 is 5.91 Å². The summed E-state index contributed by atoms with van der Waals surface area (Å²) in [4.78, 5) is 10.4. The first kappa shape index (κ1) is 8.39. The van der Waals surface area contributed by atoms with Crippen LogP contribution in [-0.4, -0.2) is 17.6 Å². The van der Waals surface area contributed by atoms with Gasteiger partial charge in [-0.05, 0) is 12.8 Å². The largest absolute Gasteiger partial charge is 0.396 e. The molecule has 0 saturated carbocycles. The first-order chi connectivity index (χ1) is 4.31. The zero-order valence-electron chi connectivity index (χ0n) is 5.26. The quantitative estimate of drug-likeness (QED) is 0.201. The molecule has 0 bridgehead atoms. The summed E-state index contributed by atoms with van der Waals surface area (Å²) < 4.78 is 0. The molecule has 0 spiro atoms. The number of aliphatic hydroxyl groups is 1. The molecule has 0 rings (SSSR count). The fourth-order valence-corrected chi connectivity index (χ4v) is 0.470. The number of amides is 1. The van der Waals surface area contributed by atoms with Crippen molar-refractivity contribution in [1.82, 2.24) is 5.43 Å². The molecule has 0 aliphatic heterocycles. The van der Waals surface area contributed by atoms with Crippen LogP contribution in [0.15, 0.2) is 0 Å². The van der Waals surface area contributed by atoms with E-state index in [0.717, 1.165) is 0 Å². The molecule has 4 N–H and O–H groups in total. The number of carbonyl (C=O) groups is 1. The lowest BCUT2D eigenvalue weighted by Gasteiger charge is -1.95. The van der Waals surface area contributed by atoms with E-state index in [-0.39, 0.29) is 12.5 Å². The third-order valence-corrected chi connectivity index (χ3v) is 0.973. The smallest absolute Gasteiger partial charge is 0.233 e. The molecule has 4 nitrogen and oxygen atoms in total. The zero-order chi connectivity index (χ0) is 7.11. The monoisotopic (exact) mass is 132 g/mol. The Hall–Kier alpha value is -0.610. The van der Waals surface area contributed by atoms with Crippen LogP contribution in [0.5, 0.6) is 0 Å². The molecule has 0 aromatic rings. The first-order valence-electron chi connectivity index (χ1n) is 2.91. The van der Waals surface area contributed by atoms with Crippen LogP contribution in [0.2, 0.25) is 0 Å². The number of unbranched alkanes of at least 4 members (excludes halogenated alkanes) is 1. The van der Waals surface area contributed by atoms with Gasteiger partial charge in [-0.15, -0.1) is 0 Å². The summed E-state index contributed by atoms with van der Waals surface area (Å²) in [6, 6.07) is 0. The van der Waals surface area contributed by atoms with Crippen LogP contribution in [0.3, 0.4) is 0 Å². The van der Waals surface area contributed by atoms with Crippen molar-refractivity contribution in [3.8, 4) is 0 Å². The van der Waals surface area contributed by atoms with Crippen LogP contribution in [0.1, 0.15) is 19.3 Å². The molecule has 1 amide bonds. The van der Waals surface area contributed by atoms with Crippen molar-refractivity contribution in [2.24, 2.45) is 5.84 Å². The summed E-state index contributed by atoms with van der Waals surface area (Å²) in [6.45, 7) is 0.137. The first-order valence-corrected chi connectivity index (χ1v) is 2.91. The lowest BCUT2D eigenvalue weighted by atomic mass is 10.2. The molecule has 0 fully saturated rings. The molecule has 0 atom stereocenters. The second-order valence-electron chi connectivity index (χ2n) is 1.75. The third-order valence-electron chi connectivity index (χ3n) is 0.973. The molecule has 0 radical (unpaired) electrons.